The van der Waals surface area contributed by atoms with Gasteiger partial charge in [-0.1, -0.05) is 53.5 Å². The normalized spacial score (nSPS) is 15.4. The Balaban J connectivity index is 1.73. The van der Waals surface area contributed by atoms with E-state index in [2.05, 4.69) is 4.98 Å². The van der Waals surface area contributed by atoms with Gasteiger partial charge in [0.2, 0.25) is 0 Å². The molecule has 0 fully saturated rings. The molecule has 0 spiro atoms. The molecule has 0 amide bonds. The van der Waals surface area contributed by atoms with Crippen LogP contribution in [0.25, 0.3) is 0 Å². The van der Waals surface area contributed by atoms with Crippen molar-refractivity contribution in [2.75, 3.05) is 11.5 Å². The average Bonchev–Trinajstić information content (AvgIpc) is 2.74. The van der Waals surface area contributed by atoms with Crippen molar-refractivity contribution < 1.29 is 14.3 Å². The largest absolute Gasteiger partial charge is 0.464 e. The molecule has 1 aromatic heterocycles. The summed E-state index contributed by atoms with van der Waals surface area (Å²) in [6.45, 7) is 2.59. The Morgan fingerprint density at radius 1 is 1.21 bits per heavy atom. The molecule has 0 saturated heterocycles. The predicted octanol–water partition coefficient (Wildman–Crippen LogP) is 5.66. The maximum Gasteiger partial charge on any atom is 0.356 e. The fraction of sp³-hybridized carbons (Fsp3) is 0.182. The van der Waals surface area contributed by atoms with Crippen LogP contribution in [-0.4, -0.2) is 17.6 Å². The zero-order valence-corrected chi connectivity index (χ0v) is 17.2. The number of ether oxygens (including phenoxy) is 2. The van der Waals surface area contributed by atoms with Crippen molar-refractivity contribution in [1.82, 2.24) is 4.98 Å². The molecule has 0 N–H and O–H groups in total. The maximum atomic E-state index is 11.9. The van der Waals surface area contributed by atoms with Crippen LogP contribution in [0.3, 0.4) is 0 Å². The summed E-state index contributed by atoms with van der Waals surface area (Å²) >= 11 is 12.6. The third-order valence-corrected chi connectivity index (χ3v) is 5.09. The third-order valence-electron chi connectivity index (χ3n) is 4.59. The lowest BCUT2D eigenvalue weighted by Crippen LogP contribution is -2.36. The van der Waals surface area contributed by atoms with Crippen molar-refractivity contribution in [3.8, 4) is 5.75 Å². The van der Waals surface area contributed by atoms with Crippen molar-refractivity contribution in [2.45, 2.75) is 19.7 Å². The monoisotopic (exact) mass is 428 g/mol. The number of pyridine rings is 1. The van der Waals surface area contributed by atoms with E-state index < -0.39 is 12.2 Å². The van der Waals surface area contributed by atoms with Crippen LogP contribution in [0, 0.1) is 0 Å². The average molecular weight is 429 g/mol. The Kier molecular flexibility index (Phi) is 5.60. The van der Waals surface area contributed by atoms with Gasteiger partial charge >= 0.3 is 5.97 Å². The molecule has 7 heteroatoms. The van der Waals surface area contributed by atoms with Gasteiger partial charge in [-0.05, 0) is 31.2 Å². The summed E-state index contributed by atoms with van der Waals surface area (Å²) < 4.78 is 11.3. The molecule has 3 aromatic rings. The zero-order valence-electron chi connectivity index (χ0n) is 15.6. The van der Waals surface area contributed by atoms with Crippen LogP contribution in [0.15, 0.2) is 60.8 Å². The predicted molar refractivity (Wildman–Crippen MR) is 113 cm³/mol. The Morgan fingerprint density at radius 2 is 2.00 bits per heavy atom. The number of carbonyl (C=O) groups excluding carboxylic acids is 1. The van der Waals surface area contributed by atoms with Crippen LogP contribution in [0.2, 0.25) is 10.0 Å². The number of anilines is 1. The number of aromatic nitrogens is 1. The van der Waals surface area contributed by atoms with Crippen LogP contribution in [-0.2, 0) is 11.3 Å². The first-order valence-corrected chi connectivity index (χ1v) is 9.91. The molecule has 1 aliphatic rings. The van der Waals surface area contributed by atoms with Gasteiger partial charge in [0.1, 0.15) is 11.4 Å². The van der Waals surface area contributed by atoms with E-state index >= 15 is 0 Å². The van der Waals surface area contributed by atoms with Gasteiger partial charge in [-0.2, -0.15) is 0 Å². The van der Waals surface area contributed by atoms with E-state index in [0.29, 0.717) is 28.9 Å². The lowest BCUT2D eigenvalue weighted by atomic mass is 10.1. The minimum absolute atomic E-state index is 0.260. The number of nitrogens with zero attached hydrogens (tertiary/aromatic N) is 2. The molecular formula is C22H18Cl2N2O3. The quantitative estimate of drug-likeness (QED) is 0.501. The highest BCUT2D eigenvalue weighted by Gasteiger charge is 2.31. The number of rotatable bonds is 4. The van der Waals surface area contributed by atoms with Crippen LogP contribution in [0.1, 0.15) is 34.8 Å². The summed E-state index contributed by atoms with van der Waals surface area (Å²) in [5.41, 5.74) is 2.91. The zero-order chi connectivity index (χ0) is 20.4. The number of hydrogen-bond acceptors (Lipinski definition) is 5. The highest BCUT2D eigenvalue weighted by molar-refractivity contribution is 6.35. The van der Waals surface area contributed by atoms with E-state index in [1.54, 1.807) is 25.3 Å². The highest BCUT2D eigenvalue weighted by atomic mass is 35.5. The van der Waals surface area contributed by atoms with Gasteiger partial charge in [0, 0.05) is 16.1 Å². The molecule has 0 bridgehead atoms. The summed E-state index contributed by atoms with van der Waals surface area (Å²) in [5.74, 6) is 0.176. The summed E-state index contributed by atoms with van der Waals surface area (Å²) in [4.78, 5) is 18.2. The number of carbonyl (C=O) groups is 1. The van der Waals surface area contributed by atoms with Gasteiger partial charge in [-0.15, -0.1) is 0 Å². The Labute approximate surface area is 178 Å². The van der Waals surface area contributed by atoms with Gasteiger partial charge in [-0.3, -0.25) is 0 Å². The van der Waals surface area contributed by atoms with Crippen molar-refractivity contribution in [2.24, 2.45) is 0 Å². The van der Waals surface area contributed by atoms with Crippen LogP contribution in [0.5, 0.6) is 5.75 Å². The van der Waals surface area contributed by atoms with Gasteiger partial charge < -0.3 is 14.4 Å². The van der Waals surface area contributed by atoms with Crippen molar-refractivity contribution >= 4 is 34.9 Å². The van der Waals surface area contributed by atoms with E-state index in [1.165, 1.54) is 0 Å². The van der Waals surface area contributed by atoms with E-state index in [4.69, 9.17) is 32.7 Å². The Hall–Kier alpha value is -2.76. The van der Waals surface area contributed by atoms with Gasteiger partial charge in [-0.25, -0.2) is 9.78 Å². The summed E-state index contributed by atoms with van der Waals surface area (Å²) in [7, 11) is 0. The molecule has 0 saturated carbocycles. The minimum Gasteiger partial charge on any atom is -0.464 e. The second-order valence-electron chi connectivity index (χ2n) is 6.51. The summed E-state index contributed by atoms with van der Waals surface area (Å²) in [6.07, 6.45) is 1.24. The van der Waals surface area contributed by atoms with Crippen LogP contribution < -0.4 is 9.64 Å². The summed E-state index contributed by atoms with van der Waals surface area (Å²) in [5, 5.41) is 1.02. The highest BCUT2D eigenvalue weighted by Crippen LogP contribution is 2.43. The van der Waals surface area contributed by atoms with Gasteiger partial charge in [0.05, 0.1) is 30.1 Å². The number of esters is 1. The molecule has 1 aliphatic heterocycles. The number of halogens is 2. The first-order chi connectivity index (χ1) is 14.1. The van der Waals surface area contributed by atoms with Crippen LogP contribution >= 0.6 is 23.2 Å². The first-order valence-electron chi connectivity index (χ1n) is 9.16. The van der Waals surface area contributed by atoms with E-state index in [9.17, 15) is 4.79 Å². The molecule has 0 aliphatic carbocycles. The van der Waals surface area contributed by atoms with Crippen molar-refractivity contribution in [1.29, 1.82) is 0 Å². The Bertz CT molecular complexity index is 1030. The fourth-order valence-corrected chi connectivity index (χ4v) is 3.86. The molecule has 4 rings (SSSR count). The molecule has 0 radical (unpaired) electrons. The van der Waals surface area contributed by atoms with Gasteiger partial charge in [0.15, 0.2) is 6.23 Å². The molecule has 1 atom stereocenters. The molecule has 2 heterocycles. The number of hydrogen-bond donors (Lipinski definition) is 0. The smallest absolute Gasteiger partial charge is 0.356 e. The Morgan fingerprint density at radius 3 is 2.69 bits per heavy atom. The lowest BCUT2D eigenvalue weighted by Gasteiger charge is -2.39. The third kappa shape index (κ3) is 4.02. The topological polar surface area (TPSA) is 51.7 Å². The van der Waals surface area contributed by atoms with Gasteiger partial charge in [0.25, 0.3) is 0 Å². The molecule has 148 valence electrons. The number of benzene rings is 2. The van der Waals surface area contributed by atoms with Crippen LogP contribution in [0.4, 0.5) is 5.69 Å². The minimum atomic E-state index is -0.447. The van der Waals surface area contributed by atoms with Crippen molar-refractivity contribution in [3.05, 3.63) is 87.7 Å². The molecule has 29 heavy (non-hydrogen) atoms. The first kappa shape index (κ1) is 19.6. The second kappa shape index (κ2) is 8.31. The van der Waals surface area contributed by atoms with E-state index in [-0.39, 0.29) is 5.69 Å². The number of fused-ring (bicyclic) bond motifs is 1. The molecule has 2 aromatic carbocycles. The van der Waals surface area contributed by atoms with Crippen molar-refractivity contribution in [3.63, 3.8) is 0 Å². The SMILES string of the molecule is CCOC(=O)c1ccc(N2Cc3cc(Cl)cc(Cl)c3OC2c2ccccc2)cn1. The standard InChI is InChI=1S/C22H18Cl2N2O3/c1-2-28-22(27)19-9-8-17(12-25-19)26-13-15-10-16(23)11-18(24)20(15)29-21(26)14-6-4-3-5-7-14/h3-12,21H,2,13H2,1H3. The summed E-state index contributed by atoms with van der Waals surface area (Å²) in [6, 6.07) is 16.8. The van der Waals surface area contributed by atoms with E-state index in [1.807, 2.05) is 47.4 Å². The lowest BCUT2D eigenvalue weighted by molar-refractivity contribution is 0.0519. The molecule has 1 unspecified atom stereocenters. The maximum absolute atomic E-state index is 11.9. The molecular weight excluding hydrogens is 411 g/mol. The second-order valence-corrected chi connectivity index (χ2v) is 7.35. The van der Waals surface area contributed by atoms with E-state index in [0.717, 1.165) is 16.8 Å². The molecule has 5 nitrogen and oxygen atoms in total. The fourth-order valence-electron chi connectivity index (χ4n) is 3.28.